The van der Waals surface area contributed by atoms with E-state index in [9.17, 15) is 4.79 Å². The fraction of sp³-hybridized carbons (Fsp3) is 0.467. The first-order chi connectivity index (χ1) is 9.68. The number of benzene rings is 1. The maximum atomic E-state index is 11.5. The molecule has 2 aliphatic rings. The second-order valence-electron chi connectivity index (χ2n) is 5.96. The molecule has 0 unspecified atom stereocenters. The molecule has 2 atom stereocenters. The molecule has 1 aliphatic carbocycles. The van der Waals surface area contributed by atoms with Crippen molar-refractivity contribution in [2.24, 2.45) is 11.7 Å². The van der Waals surface area contributed by atoms with Crippen molar-refractivity contribution in [3.8, 4) is 0 Å². The summed E-state index contributed by atoms with van der Waals surface area (Å²) in [6.07, 6.45) is 4.59. The lowest BCUT2D eigenvalue weighted by Crippen LogP contribution is -2.37. The van der Waals surface area contributed by atoms with Crippen LogP contribution in [0, 0.1) is 5.92 Å². The zero-order valence-electron chi connectivity index (χ0n) is 11.2. The van der Waals surface area contributed by atoms with Crippen LogP contribution in [-0.2, 0) is 5.54 Å². The van der Waals surface area contributed by atoms with Crippen molar-refractivity contribution >= 4 is 17.0 Å². The topological polar surface area (TPSA) is 81.2 Å². The van der Waals surface area contributed by atoms with Gasteiger partial charge in [0.1, 0.15) is 5.52 Å². The standard InChI is InChI=1S/C15H17N3O2/c16-13(19)10-4-1-5-11-12(10)20-14(18-11)15-6-2-3-9(7-15)8-17-15/h1,4-5,9,17H,2-3,6-8H2,(H2,16,19)/t9-,15+/m0/s1. The van der Waals surface area contributed by atoms with Crippen molar-refractivity contribution < 1.29 is 9.21 Å². The highest BCUT2D eigenvalue weighted by Gasteiger charge is 2.46. The monoisotopic (exact) mass is 271 g/mol. The molecule has 5 nitrogen and oxygen atoms in total. The summed E-state index contributed by atoms with van der Waals surface area (Å²) in [5, 5.41) is 3.59. The van der Waals surface area contributed by atoms with Gasteiger partial charge in [-0.05, 0) is 43.9 Å². The second kappa shape index (κ2) is 4.06. The van der Waals surface area contributed by atoms with E-state index < -0.39 is 5.91 Å². The van der Waals surface area contributed by atoms with Gasteiger partial charge in [0.25, 0.3) is 5.91 Å². The SMILES string of the molecule is NC(=O)c1cccc2nc([C@]34CCC[C@H](CN3)C4)oc12. The summed E-state index contributed by atoms with van der Waals surface area (Å²) < 4.78 is 5.95. The predicted molar refractivity (Wildman–Crippen MR) is 74.2 cm³/mol. The largest absolute Gasteiger partial charge is 0.438 e. The maximum absolute atomic E-state index is 11.5. The molecule has 1 aromatic carbocycles. The number of amides is 1. The normalized spacial score (nSPS) is 28.9. The Morgan fingerprint density at radius 1 is 1.50 bits per heavy atom. The number of fused-ring (bicyclic) bond motifs is 3. The number of hydrogen-bond acceptors (Lipinski definition) is 4. The minimum atomic E-state index is -0.475. The van der Waals surface area contributed by atoms with Crippen LogP contribution in [0.4, 0.5) is 0 Å². The Morgan fingerprint density at radius 2 is 2.40 bits per heavy atom. The van der Waals surface area contributed by atoms with Crippen LogP contribution in [0.1, 0.15) is 41.9 Å². The molecule has 2 bridgehead atoms. The summed E-state index contributed by atoms with van der Waals surface area (Å²) in [7, 11) is 0. The van der Waals surface area contributed by atoms with E-state index in [1.165, 1.54) is 12.8 Å². The molecule has 0 spiro atoms. The van der Waals surface area contributed by atoms with Gasteiger partial charge in [0.2, 0.25) is 5.89 Å². The summed E-state index contributed by atoms with van der Waals surface area (Å²) in [6.45, 7) is 1.03. The molecule has 104 valence electrons. The Morgan fingerprint density at radius 3 is 3.25 bits per heavy atom. The predicted octanol–water partition coefficient (Wildman–Crippen LogP) is 1.92. The summed E-state index contributed by atoms with van der Waals surface area (Å²) in [5.41, 5.74) is 6.89. The highest BCUT2D eigenvalue weighted by Crippen LogP contribution is 2.44. The molecule has 4 rings (SSSR count). The highest BCUT2D eigenvalue weighted by molar-refractivity contribution is 6.03. The van der Waals surface area contributed by atoms with E-state index in [4.69, 9.17) is 10.2 Å². The van der Waals surface area contributed by atoms with Crippen LogP contribution in [0.25, 0.3) is 11.1 Å². The number of hydrogen-bond donors (Lipinski definition) is 2. The van der Waals surface area contributed by atoms with Crippen molar-refractivity contribution in [3.63, 3.8) is 0 Å². The van der Waals surface area contributed by atoms with E-state index in [0.29, 0.717) is 22.6 Å². The number of para-hydroxylation sites is 1. The minimum absolute atomic E-state index is 0.142. The summed E-state index contributed by atoms with van der Waals surface area (Å²) in [6, 6.07) is 5.34. The van der Waals surface area contributed by atoms with Crippen LogP contribution < -0.4 is 11.1 Å². The molecule has 20 heavy (non-hydrogen) atoms. The Kier molecular flexibility index (Phi) is 2.41. The third-order valence-electron chi connectivity index (χ3n) is 4.67. The maximum Gasteiger partial charge on any atom is 0.252 e. The highest BCUT2D eigenvalue weighted by atomic mass is 16.4. The van der Waals surface area contributed by atoms with Crippen LogP contribution in [-0.4, -0.2) is 17.4 Å². The molecule has 1 aliphatic heterocycles. The first-order valence-electron chi connectivity index (χ1n) is 7.13. The second-order valence-corrected chi connectivity index (χ2v) is 5.96. The van der Waals surface area contributed by atoms with Gasteiger partial charge in [0, 0.05) is 0 Å². The summed E-state index contributed by atoms with van der Waals surface area (Å²) >= 11 is 0. The van der Waals surface area contributed by atoms with Gasteiger partial charge in [-0.1, -0.05) is 12.5 Å². The van der Waals surface area contributed by atoms with Crippen LogP contribution in [0.3, 0.4) is 0 Å². The van der Waals surface area contributed by atoms with E-state index in [0.717, 1.165) is 25.3 Å². The number of carbonyl (C=O) groups is 1. The van der Waals surface area contributed by atoms with E-state index in [1.807, 2.05) is 6.07 Å². The van der Waals surface area contributed by atoms with E-state index >= 15 is 0 Å². The van der Waals surface area contributed by atoms with Crippen molar-refractivity contribution in [1.29, 1.82) is 0 Å². The van der Waals surface area contributed by atoms with E-state index in [2.05, 4.69) is 10.3 Å². The van der Waals surface area contributed by atoms with Crippen molar-refractivity contribution in [1.82, 2.24) is 10.3 Å². The Balaban J connectivity index is 1.85. The average molecular weight is 271 g/mol. The number of primary amides is 1. The Hall–Kier alpha value is -1.88. The average Bonchev–Trinajstić information content (AvgIpc) is 3.00. The molecule has 2 aromatic rings. The number of aromatic nitrogens is 1. The molecule has 2 heterocycles. The lowest BCUT2D eigenvalue weighted by atomic mass is 9.80. The number of nitrogens with zero attached hydrogens (tertiary/aromatic N) is 1. The molecular formula is C15H17N3O2. The van der Waals surface area contributed by atoms with Gasteiger partial charge in [-0.2, -0.15) is 0 Å². The minimum Gasteiger partial charge on any atom is -0.438 e. The third kappa shape index (κ3) is 1.59. The fourth-order valence-corrected chi connectivity index (χ4v) is 3.68. The molecule has 1 amide bonds. The van der Waals surface area contributed by atoms with Gasteiger partial charge in [-0.25, -0.2) is 4.98 Å². The van der Waals surface area contributed by atoms with Gasteiger partial charge >= 0.3 is 0 Å². The van der Waals surface area contributed by atoms with Gasteiger partial charge in [0.05, 0.1) is 11.1 Å². The number of carbonyl (C=O) groups excluding carboxylic acids is 1. The third-order valence-corrected chi connectivity index (χ3v) is 4.67. The van der Waals surface area contributed by atoms with E-state index in [1.54, 1.807) is 12.1 Å². The van der Waals surface area contributed by atoms with E-state index in [-0.39, 0.29) is 5.54 Å². The summed E-state index contributed by atoms with van der Waals surface area (Å²) in [4.78, 5) is 16.1. The number of rotatable bonds is 2. The zero-order chi connectivity index (χ0) is 13.7. The van der Waals surface area contributed by atoms with Crippen LogP contribution in [0.5, 0.6) is 0 Å². The quantitative estimate of drug-likeness (QED) is 0.874. The Bertz CT molecular complexity index is 689. The number of nitrogens with one attached hydrogen (secondary N) is 1. The molecule has 1 aromatic heterocycles. The molecule has 1 saturated heterocycles. The van der Waals surface area contributed by atoms with Gasteiger partial charge in [-0.3, -0.25) is 4.79 Å². The molecule has 3 N–H and O–H groups in total. The van der Waals surface area contributed by atoms with Gasteiger partial charge in [0.15, 0.2) is 5.58 Å². The molecule has 0 radical (unpaired) electrons. The lowest BCUT2D eigenvalue weighted by molar-refractivity contribution is 0.100. The van der Waals surface area contributed by atoms with Crippen LogP contribution >= 0.6 is 0 Å². The Labute approximate surface area is 116 Å². The molecule has 1 saturated carbocycles. The van der Waals surface area contributed by atoms with Gasteiger partial charge < -0.3 is 15.5 Å². The molecular weight excluding hydrogens is 254 g/mol. The van der Waals surface area contributed by atoms with Crippen LogP contribution in [0.2, 0.25) is 0 Å². The number of oxazole rings is 1. The van der Waals surface area contributed by atoms with Crippen LogP contribution in [0.15, 0.2) is 22.6 Å². The smallest absolute Gasteiger partial charge is 0.252 e. The zero-order valence-corrected chi connectivity index (χ0v) is 11.2. The molecule has 2 fully saturated rings. The lowest BCUT2D eigenvalue weighted by Gasteiger charge is -2.29. The van der Waals surface area contributed by atoms with Crippen molar-refractivity contribution in [3.05, 3.63) is 29.7 Å². The fourth-order valence-electron chi connectivity index (χ4n) is 3.68. The first-order valence-corrected chi connectivity index (χ1v) is 7.13. The van der Waals surface area contributed by atoms with Crippen molar-refractivity contribution in [2.45, 2.75) is 31.2 Å². The first kappa shape index (κ1) is 11.9. The number of nitrogens with two attached hydrogens (primary N) is 1. The molecule has 5 heteroatoms. The van der Waals surface area contributed by atoms with Gasteiger partial charge in [-0.15, -0.1) is 0 Å². The van der Waals surface area contributed by atoms with Crippen molar-refractivity contribution in [2.75, 3.05) is 6.54 Å². The summed E-state index contributed by atoms with van der Waals surface area (Å²) in [5.74, 6) is 0.953.